The standard InChI is InChI=1S/C10H17NO2/c1-10(2,3)4-5-11-7-8(12)6-9(11)13/h4-7H2,1-3H3. The number of nitrogens with zero attached hydrogens (tertiary/aromatic N) is 1. The predicted octanol–water partition coefficient (Wildman–Crippen LogP) is 1.22. The Balaban J connectivity index is 2.38. The van der Waals surface area contributed by atoms with Gasteiger partial charge in [-0.05, 0) is 11.8 Å². The zero-order valence-electron chi connectivity index (χ0n) is 8.59. The summed E-state index contributed by atoms with van der Waals surface area (Å²) in [6.45, 7) is 7.45. The van der Waals surface area contributed by atoms with Crippen LogP contribution in [-0.2, 0) is 9.59 Å². The zero-order chi connectivity index (χ0) is 10.1. The van der Waals surface area contributed by atoms with E-state index in [0.29, 0.717) is 13.1 Å². The number of carbonyl (C=O) groups is 2. The van der Waals surface area contributed by atoms with Crippen molar-refractivity contribution in [3.8, 4) is 0 Å². The fraction of sp³-hybridized carbons (Fsp3) is 0.800. The highest BCUT2D eigenvalue weighted by Crippen LogP contribution is 2.20. The van der Waals surface area contributed by atoms with Crippen LogP contribution >= 0.6 is 0 Å². The van der Waals surface area contributed by atoms with Gasteiger partial charge >= 0.3 is 0 Å². The van der Waals surface area contributed by atoms with Crippen molar-refractivity contribution < 1.29 is 9.59 Å². The lowest BCUT2D eigenvalue weighted by atomic mass is 9.92. The summed E-state index contributed by atoms with van der Waals surface area (Å²) in [5.74, 6) is 0.0492. The summed E-state index contributed by atoms with van der Waals surface area (Å²) in [6.07, 6.45) is 1.07. The summed E-state index contributed by atoms with van der Waals surface area (Å²) in [6, 6.07) is 0. The van der Waals surface area contributed by atoms with Crippen LogP contribution in [0.2, 0.25) is 0 Å². The molecule has 1 amide bonds. The first-order valence-corrected chi connectivity index (χ1v) is 4.68. The Kier molecular flexibility index (Phi) is 2.74. The number of hydrogen-bond donors (Lipinski definition) is 0. The smallest absolute Gasteiger partial charge is 0.230 e. The molecule has 0 unspecified atom stereocenters. The van der Waals surface area contributed by atoms with Crippen LogP contribution in [0, 0.1) is 5.41 Å². The van der Waals surface area contributed by atoms with Gasteiger partial charge in [-0.3, -0.25) is 9.59 Å². The van der Waals surface area contributed by atoms with E-state index in [4.69, 9.17) is 0 Å². The molecule has 0 saturated carbocycles. The van der Waals surface area contributed by atoms with E-state index in [1.165, 1.54) is 0 Å². The van der Waals surface area contributed by atoms with E-state index in [9.17, 15) is 9.59 Å². The minimum Gasteiger partial charge on any atom is -0.335 e. The van der Waals surface area contributed by atoms with Gasteiger partial charge in [0.05, 0.1) is 13.0 Å². The van der Waals surface area contributed by atoms with Gasteiger partial charge in [0.1, 0.15) is 0 Å². The maximum atomic E-state index is 11.2. The van der Waals surface area contributed by atoms with Gasteiger partial charge < -0.3 is 4.90 Å². The van der Waals surface area contributed by atoms with Crippen LogP contribution in [0.3, 0.4) is 0 Å². The highest BCUT2D eigenvalue weighted by molar-refractivity contribution is 6.05. The van der Waals surface area contributed by atoms with Crippen molar-refractivity contribution in [1.29, 1.82) is 0 Å². The van der Waals surface area contributed by atoms with Gasteiger partial charge in [0.15, 0.2) is 5.78 Å². The van der Waals surface area contributed by atoms with Gasteiger partial charge in [-0.1, -0.05) is 20.8 Å². The van der Waals surface area contributed by atoms with E-state index in [1.807, 2.05) is 0 Å². The monoisotopic (exact) mass is 183 g/mol. The summed E-state index contributed by atoms with van der Waals surface area (Å²) in [7, 11) is 0. The van der Waals surface area contributed by atoms with Crippen molar-refractivity contribution in [3.63, 3.8) is 0 Å². The molecule has 1 aliphatic rings. The van der Waals surface area contributed by atoms with E-state index >= 15 is 0 Å². The molecule has 74 valence electrons. The number of ketones is 1. The summed E-state index contributed by atoms with van der Waals surface area (Å²) in [5, 5.41) is 0. The number of carbonyl (C=O) groups excluding carboxylic acids is 2. The van der Waals surface area contributed by atoms with Crippen molar-refractivity contribution in [2.45, 2.75) is 33.6 Å². The molecule has 1 rings (SSSR count). The molecular formula is C10H17NO2. The Morgan fingerprint density at radius 3 is 2.31 bits per heavy atom. The predicted molar refractivity (Wildman–Crippen MR) is 50.3 cm³/mol. The highest BCUT2D eigenvalue weighted by Gasteiger charge is 2.27. The largest absolute Gasteiger partial charge is 0.335 e. The second-order valence-electron chi connectivity index (χ2n) is 4.84. The molecule has 3 heteroatoms. The molecule has 0 radical (unpaired) electrons. The molecule has 0 spiro atoms. The van der Waals surface area contributed by atoms with Gasteiger partial charge in [-0.25, -0.2) is 0 Å². The fourth-order valence-corrected chi connectivity index (χ4v) is 1.31. The van der Waals surface area contributed by atoms with Crippen molar-refractivity contribution in [2.75, 3.05) is 13.1 Å². The van der Waals surface area contributed by atoms with Crippen LogP contribution in [0.15, 0.2) is 0 Å². The van der Waals surface area contributed by atoms with Crippen molar-refractivity contribution >= 4 is 11.7 Å². The van der Waals surface area contributed by atoms with E-state index in [1.54, 1.807) is 4.90 Å². The second kappa shape index (κ2) is 3.48. The summed E-state index contributed by atoms with van der Waals surface area (Å²) < 4.78 is 0. The van der Waals surface area contributed by atoms with E-state index in [0.717, 1.165) is 6.42 Å². The van der Waals surface area contributed by atoms with Crippen molar-refractivity contribution in [1.82, 2.24) is 4.90 Å². The van der Waals surface area contributed by atoms with Gasteiger partial charge in [0.2, 0.25) is 5.91 Å². The van der Waals surface area contributed by atoms with Gasteiger partial charge in [0.25, 0.3) is 0 Å². The first-order valence-electron chi connectivity index (χ1n) is 4.68. The van der Waals surface area contributed by atoms with Crippen LogP contribution in [-0.4, -0.2) is 29.7 Å². The fourth-order valence-electron chi connectivity index (χ4n) is 1.31. The number of Topliss-reactive ketones (excluding diaryl/α,β-unsaturated/α-hetero) is 1. The first kappa shape index (κ1) is 10.2. The van der Waals surface area contributed by atoms with Crippen LogP contribution in [0.1, 0.15) is 33.6 Å². The van der Waals surface area contributed by atoms with Crippen LogP contribution in [0.5, 0.6) is 0 Å². The quantitative estimate of drug-likeness (QED) is 0.604. The number of rotatable bonds is 2. The number of likely N-dealkylation sites (tertiary alicyclic amines) is 1. The summed E-state index contributed by atoms with van der Waals surface area (Å²) in [5.41, 5.74) is 0.228. The molecule has 1 heterocycles. The normalized spacial score (nSPS) is 18.5. The molecule has 0 N–H and O–H groups in total. The molecule has 3 nitrogen and oxygen atoms in total. The average Bonchev–Trinajstić information content (AvgIpc) is 2.24. The van der Waals surface area contributed by atoms with Crippen molar-refractivity contribution in [2.24, 2.45) is 5.41 Å². The second-order valence-corrected chi connectivity index (χ2v) is 4.84. The molecule has 0 aromatic rings. The van der Waals surface area contributed by atoms with Crippen LogP contribution < -0.4 is 0 Å². The Bertz CT molecular complexity index is 228. The Hall–Kier alpha value is -0.860. The zero-order valence-corrected chi connectivity index (χ0v) is 8.59. The molecule has 0 bridgehead atoms. The third-order valence-electron chi connectivity index (χ3n) is 2.20. The lowest BCUT2D eigenvalue weighted by Gasteiger charge is -2.22. The summed E-state index contributed by atoms with van der Waals surface area (Å²) in [4.78, 5) is 23.8. The van der Waals surface area contributed by atoms with Gasteiger partial charge in [-0.2, -0.15) is 0 Å². The van der Waals surface area contributed by atoms with E-state index in [2.05, 4.69) is 20.8 Å². The average molecular weight is 183 g/mol. The maximum absolute atomic E-state index is 11.2. The lowest BCUT2D eigenvalue weighted by molar-refractivity contribution is -0.128. The SMILES string of the molecule is CC(C)(C)CCN1CC(=O)CC1=O. The Morgan fingerprint density at radius 2 is 1.92 bits per heavy atom. The Morgan fingerprint density at radius 1 is 1.31 bits per heavy atom. The molecule has 13 heavy (non-hydrogen) atoms. The van der Waals surface area contributed by atoms with Crippen LogP contribution in [0.4, 0.5) is 0 Å². The molecule has 1 aliphatic heterocycles. The maximum Gasteiger partial charge on any atom is 0.230 e. The summed E-state index contributed by atoms with van der Waals surface area (Å²) >= 11 is 0. The van der Waals surface area contributed by atoms with Gasteiger partial charge in [0, 0.05) is 6.54 Å². The lowest BCUT2D eigenvalue weighted by Crippen LogP contribution is -2.28. The highest BCUT2D eigenvalue weighted by atomic mass is 16.2. The first-order chi connectivity index (χ1) is 5.88. The molecule has 0 atom stereocenters. The third-order valence-corrected chi connectivity index (χ3v) is 2.20. The molecule has 1 saturated heterocycles. The molecule has 0 aromatic carbocycles. The topological polar surface area (TPSA) is 37.4 Å². The van der Waals surface area contributed by atoms with Crippen molar-refractivity contribution in [3.05, 3.63) is 0 Å². The Labute approximate surface area is 79.1 Å². The minimum atomic E-state index is -0.00532. The van der Waals surface area contributed by atoms with E-state index in [-0.39, 0.29) is 23.5 Å². The number of hydrogen-bond acceptors (Lipinski definition) is 2. The number of amides is 1. The third kappa shape index (κ3) is 3.17. The molecule has 0 aliphatic carbocycles. The minimum absolute atomic E-state index is 0.00532. The molecular weight excluding hydrogens is 166 g/mol. The molecule has 1 fully saturated rings. The van der Waals surface area contributed by atoms with Gasteiger partial charge in [-0.15, -0.1) is 0 Å². The van der Waals surface area contributed by atoms with Crippen LogP contribution in [0.25, 0.3) is 0 Å². The molecule has 0 aromatic heterocycles. The van der Waals surface area contributed by atoms with E-state index < -0.39 is 0 Å².